The molecule has 0 spiro atoms. The van der Waals surface area contributed by atoms with E-state index >= 15 is 0 Å². The first-order valence-corrected chi connectivity index (χ1v) is 5.95. The number of nitrogens with zero attached hydrogens (tertiary/aromatic N) is 1. The van der Waals surface area contributed by atoms with Crippen LogP contribution in [0.3, 0.4) is 0 Å². The number of aryl methyl sites for hydroxylation is 2. The molecule has 2 rings (SSSR count). The Morgan fingerprint density at radius 2 is 1.89 bits per heavy atom. The topological polar surface area (TPSA) is 42.4 Å². The molecule has 0 saturated heterocycles. The van der Waals surface area contributed by atoms with Gasteiger partial charge in [0, 0.05) is 12.3 Å². The molecule has 0 saturated carbocycles. The second-order valence-corrected chi connectivity index (χ2v) is 4.45. The monoisotopic (exact) mass is 243 g/mol. The highest BCUT2D eigenvalue weighted by atomic mass is 16.5. The number of aromatic nitrogens is 1. The zero-order chi connectivity index (χ0) is 13.1. The minimum absolute atomic E-state index is 0.506. The lowest BCUT2D eigenvalue weighted by Crippen LogP contribution is -1.94. The fourth-order valence-corrected chi connectivity index (χ4v) is 1.60. The van der Waals surface area contributed by atoms with Gasteiger partial charge in [-0.15, -0.1) is 0 Å². The highest BCUT2D eigenvalue weighted by molar-refractivity contribution is 5.36. The first-order chi connectivity index (χ1) is 8.56. The first kappa shape index (κ1) is 12.6. The Balaban J connectivity index is 2.15. The smallest absolute Gasteiger partial charge is 0.219 e. The van der Waals surface area contributed by atoms with Crippen LogP contribution in [-0.4, -0.2) is 10.1 Å². The molecule has 2 aromatic rings. The maximum Gasteiger partial charge on any atom is 0.219 e. The Morgan fingerprint density at radius 1 is 1.11 bits per heavy atom. The summed E-state index contributed by atoms with van der Waals surface area (Å²) in [5, 5.41) is 9.39. The average molecular weight is 243 g/mol. The highest BCUT2D eigenvalue weighted by Gasteiger charge is 2.03. The lowest BCUT2D eigenvalue weighted by molar-refractivity contribution is 0.198. The summed E-state index contributed by atoms with van der Waals surface area (Å²) in [5.41, 5.74) is 3.20. The van der Waals surface area contributed by atoms with E-state index in [0.717, 1.165) is 11.3 Å². The third-order valence-electron chi connectivity index (χ3n) is 2.94. The lowest BCUT2D eigenvalue weighted by atomic mass is 10.1. The zero-order valence-corrected chi connectivity index (χ0v) is 10.8. The van der Waals surface area contributed by atoms with Gasteiger partial charge >= 0.3 is 0 Å². The zero-order valence-electron chi connectivity index (χ0n) is 10.8. The van der Waals surface area contributed by atoms with E-state index in [-0.39, 0.29) is 0 Å². The summed E-state index contributed by atoms with van der Waals surface area (Å²) in [6, 6.07) is 9.51. The first-order valence-electron chi connectivity index (χ1n) is 5.95. The minimum atomic E-state index is -0.506. The van der Waals surface area contributed by atoms with Crippen LogP contribution >= 0.6 is 0 Å². The van der Waals surface area contributed by atoms with Crippen LogP contribution in [0.1, 0.15) is 29.7 Å². The second-order valence-electron chi connectivity index (χ2n) is 4.45. The van der Waals surface area contributed by atoms with Gasteiger partial charge in [0.05, 0.1) is 6.10 Å². The van der Waals surface area contributed by atoms with Crippen molar-refractivity contribution in [2.75, 3.05) is 0 Å². The van der Waals surface area contributed by atoms with Crippen LogP contribution in [0.5, 0.6) is 11.6 Å². The van der Waals surface area contributed by atoms with Crippen molar-refractivity contribution in [2.45, 2.75) is 26.9 Å². The normalized spacial score (nSPS) is 12.2. The maximum absolute atomic E-state index is 9.39. The Bertz CT molecular complexity index is 533. The van der Waals surface area contributed by atoms with Crippen LogP contribution < -0.4 is 4.74 Å². The van der Waals surface area contributed by atoms with Crippen molar-refractivity contribution < 1.29 is 9.84 Å². The average Bonchev–Trinajstić information content (AvgIpc) is 2.34. The van der Waals surface area contributed by atoms with E-state index in [1.807, 2.05) is 31.2 Å². The number of aliphatic hydroxyl groups is 1. The molecule has 0 bridgehead atoms. The molecule has 18 heavy (non-hydrogen) atoms. The molecule has 0 radical (unpaired) electrons. The standard InChI is InChI=1S/C15H17NO2/c1-10-4-6-14(8-11(10)2)18-15-7-5-13(9-16-15)12(3)17/h4-9,12,17H,1-3H3/t12-/m0/s1. The largest absolute Gasteiger partial charge is 0.439 e. The fourth-order valence-electron chi connectivity index (χ4n) is 1.60. The summed E-state index contributed by atoms with van der Waals surface area (Å²) in [6.07, 6.45) is 1.12. The number of ether oxygens (including phenoxy) is 1. The maximum atomic E-state index is 9.39. The van der Waals surface area contributed by atoms with Crippen LogP contribution in [0.2, 0.25) is 0 Å². The molecule has 94 valence electrons. The molecule has 1 atom stereocenters. The molecule has 0 unspecified atom stereocenters. The van der Waals surface area contributed by atoms with Gasteiger partial charge in [0.25, 0.3) is 0 Å². The van der Waals surface area contributed by atoms with Gasteiger partial charge in [0.2, 0.25) is 5.88 Å². The van der Waals surface area contributed by atoms with Crippen molar-refractivity contribution in [2.24, 2.45) is 0 Å². The predicted octanol–water partition coefficient (Wildman–Crippen LogP) is 3.54. The molecule has 0 aliphatic carbocycles. The molecule has 1 aromatic heterocycles. The number of hydrogen-bond donors (Lipinski definition) is 1. The molecule has 1 heterocycles. The number of hydrogen-bond acceptors (Lipinski definition) is 3. The van der Waals surface area contributed by atoms with Crippen LogP contribution in [0.25, 0.3) is 0 Å². The van der Waals surface area contributed by atoms with E-state index in [0.29, 0.717) is 5.88 Å². The number of benzene rings is 1. The number of aliphatic hydroxyl groups excluding tert-OH is 1. The Morgan fingerprint density at radius 3 is 2.44 bits per heavy atom. The Labute approximate surface area is 107 Å². The molecule has 0 aliphatic rings. The van der Waals surface area contributed by atoms with E-state index in [1.165, 1.54) is 11.1 Å². The van der Waals surface area contributed by atoms with Crippen molar-refractivity contribution >= 4 is 0 Å². The summed E-state index contributed by atoms with van der Waals surface area (Å²) >= 11 is 0. The Hall–Kier alpha value is -1.87. The number of rotatable bonds is 3. The van der Waals surface area contributed by atoms with E-state index in [9.17, 15) is 5.11 Å². The van der Waals surface area contributed by atoms with Crippen molar-refractivity contribution in [3.63, 3.8) is 0 Å². The molecule has 3 heteroatoms. The molecule has 3 nitrogen and oxygen atoms in total. The van der Waals surface area contributed by atoms with Gasteiger partial charge in [0.1, 0.15) is 5.75 Å². The second kappa shape index (κ2) is 5.19. The quantitative estimate of drug-likeness (QED) is 0.896. The SMILES string of the molecule is Cc1ccc(Oc2ccc([C@H](C)O)cn2)cc1C. The third-order valence-corrected chi connectivity index (χ3v) is 2.94. The summed E-state index contributed by atoms with van der Waals surface area (Å²) in [6.45, 7) is 5.82. The van der Waals surface area contributed by atoms with Crippen LogP contribution in [0.15, 0.2) is 36.5 Å². The summed E-state index contributed by atoms with van der Waals surface area (Å²) in [4.78, 5) is 4.17. The summed E-state index contributed by atoms with van der Waals surface area (Å²) in [5.74, 6) is 1.30. The third kappa shape index (κ3) is 2.87. The van der Waals surface area contributed by atoms with Gasteiger partial charge in [-0.25, -0.2) is 4.98 Å². The van der Waals surface area contributed by atoms with Gasteiger partial charge < -0.3 is 9.84 Å². The fraction of sp³-hybridized carbons (Fsp3) is 0.267. The van der Waals surface area contributed by atoms with E-state index in [4.69, 9.17) is 4.74 Å². The molecule has 0 fully saturated rings. The van der Waals surface area contributed by atoms with Crippen molar-refractivity contribution in [1.82, 2.24) is 4.98 Å². The van der Waals surface area contributed by atoms with Crippen LogP contribution in [0.4, 0.5) is 0 Å². The Kier molecular flexibility index (Phi) is 3.63. The molecule has 1 N–H and O–H groups in total. The van der Waals surface area contributed by atoms with Gasteiger partial charge in [-0.2, -0.15) is 0 Å². The van der Waals surface area contributed by atoms with E-state index < -0.39 is 6.10 Å². The van der Waals surface area contributed by atoms with Gasteiger partial charge in [-0.1, -0.05) is 6.07 Å². The molecule has 0 amide bonds. The molecule has 0 aliphatic heterocycles. The van der Waals surface area contributed by atoms with Crippen molar-refractivity contribution in [3.05, 3.63) is 53.2 Å². The summed E-state index contributed by atoms with van der Waals surface area (Å²) in [7, 11) is 0. The van der Waals surface area contributed by atoms with E-state index in [2.05, 4.69) is 11.9 Å². The van der Waals surface area contributed by atoms with Crippen LogP contribution in [-0.2, 0) is 0 Å². The van der Waals surface area contributed by atoms with Crippen molar-refractivity contribution in [3.8, 4) is 11.6 Å². The van der Waals surface area contributed by atoms with E-state index in [1.54, 1.807) is 19.2 Å². The highest BCUT2D eigenvalue weighted by Crippen LogP contribution is 2.23. The van der Waals surface area contributed by atoms with Crippen molar-refractivity contribution in [1.29, 1.82) is 0 Å². The molecular formula is C15H17NO2. The van der Waals surface area contributed by atoms with Gasteiger partial charge in [-0.05, 0) is 55.7 Å². The predicted molar refractivity (Wildman–Crippen MR) is 70.9 cm³/mol. The van der Waals surface area contributed by atoms with Gasteiger partial charge in [-0.3, -0.25) is 0 Å². The van der Waals surface area contributed by atoms with Crippen LogP contribution in [0, 0.1) is 13.8 Å². The number of pyridine rings is 1. The van der Waals surface area contributed by atoms with Gasteiger partial charge in [0.15, 0.2) is 0 Å². The minimum Gasteiger partial charge on any atom is -0.439 e. The summed E-state index contributed by atoms with van der Waals surface area (Å²) < 4.78 is 5.66. The molecular weight excluding hydrogens is 226 g/mol. The molecule has 1 aromatic carbocycles. The lowest BCUT2D eigenvalue weighted by Gasteiger charge is -2.08.